The van der Waals surface area contributed by atoms with Gasteiger partial charge < -0.3 is 20.3 Å². The van der Waals surface area contributed by atoms with Gasteiger partial charge in [-0.05, 0) is 44.0 Å². The third-order valence-electron chi connectivity index (χ3n) is 4.46. The molecule has 0 amide bonds. The largest absolute Gasteiger partial charge is 0.411 e. The van der Waals surface area contributed by atoms with Gasteiger partial charge in [0.15, 0.2) is 5.96 Å². The van der Waals surface area contributed by atoms with Crippen LogP contribution in [0.25, 0.3) is 0 Å². The molecule has 2 rings (SSSR count). The Morgan fingerprint density at radius 2 is 1.89 bits per heavy atom. The molecular weight excluding hydrogens is 369 g/mol. The van der Waals surface area contributed by atoms with Crippen LogP contribution in [0.3, 0.4) is 0 Å². The van der Waals surface area contributed by atoms with Crippen LogP contribution in [0.5, 0.6) is 0 Å². The Morgan fingerprint density at radius 1 is 1.14 bits per heavy atom. The number of guanidine groups is 1. The van der Waals surface area contributed by atoms with Gasteiger partial charge in [0.2, 0.25) is 0 Å². The number of piperidine rings is 1. The molecule has 0 radical (unpaired) electrons. The molecule has 0 saturated carbocycles. The van der Waals surface area contributed by atoms with Gasteiger partial charge >= 0.3 is 6.18 Å². The summed E-state index contributed by atoms with van der Waals surface area (Å²) >= 11 is 0. The third-order valence-corrected chi connectivity index (χ3v) is 4.46. The lowest BCUT2D eigenvalue weighted by Gasteiger charge is -2.26. The van der Waals surface area contributed by atoms with Crippen LogP contribution in [0, 0.1) is 0 Å². The monoisotopic (exact) mass is 400 g/mol. The highest BCUT2D eigenvalue weighted by Crippen LogP contribution is 2.16. The molecule has 0 spiro atoms. The quantitative estimate of drug-likeness (QED) is 0.493. The van der Waals surface area contributed by atoms with Crippen molar-refractivity contribution in [1.82, 2.24) is 15.5 Å². The highest BCUT2D eigenvalue weighted by atomic mass is 19.4. The summed E-state index contributed by atoms with van der Waals surface area (Å²) in [6, 6.07) is 7.31. The lowest BCUT2D eigenvalue weighted by atomic mass is 10.1. The molecule has 1 fully saturated rings. The molecule has 0 atom stereocenters. The van der Waals surface area contributed by atoms with Gasteiger partial charge in [0.05, 0.1) is 13.2 Å². The van der Waals surface area contributed by atoms with Gasteiger partial charge in [0.25, 0.3) is 0 Å². The molecule has 28 heavy (non-hydrogen) atoms. The van der Waals surface area contributed by atoms with E-state index in [9.17, 15) is 13.2 Å². The lowest BCUT2D eigenvalue weighted by molar-refractivity contribution is -0.176. The number of hydrogen-bond acceptors (Lipinski definition) is 3. The molecule has 1 aliphatic heterocycles. The summed E-state index contributed by atoms with van der Waals surface area (Å²) in [5.74, 6) is 0.748. The Bertz CT molecular complexity index is 601. The molecule has 0 bridgehead atoms. The average molecular weight is 400 g/mol. The number of nitrogens with zero attached hydrogens (tertiary/aromatic N) is 2. The molecule has 0 unspecified atom stereocenters. The SMILES string of the molecule is CCNC(=NCc1cccc(COCC(F)(F)F)c1)NCCN1CCCCC1. The first-order valence-electron chi connectivity index (χ1n) is 9.93. The fraction of sp³-hybridized carbons (Fsp3) is 0.650. The first kappa shape index (κ1) is 22.5. The van der Waals surface area contributed by atoms with Crippen LogP contribution in [0.4, 0.5) is 13.2 Å². The van der Waals surface area contributed by atoms with Crippen molar-refractivity contribution in [3.63, 3.8) is 0 Å². The maximum atomic E-state index is 12.2. The molecule has 1 aromatic rings. The normalized spacial score (nSPS) is 16.2. The number of alkyl halides is 3. The number of rotatable bonds is 9. The molecule has 8 heteroatoms. The van der Waals surface area contributed by atoms with Crippen molar-refractivity contribution in [2.24, 2.45) is 4.99 Å². The number of benzene rings is 1. The number of likely N-dealkylation sites (tertiary alicyclic amines) is 1. The molecule has 1 aromatic carbocycles. The molecule has 5 nitrogen and oxygen atoms in total. The topological polar surface area (TPSA) is 48.9 Å². The maximum absolute atomic E-state index is 12.2. The first-order chi connectivity index (χ1) is 13.5. The van der Waals surface area contributed by atoms with E-state index in [1.54, 1.807) is 6.07 Å². The van der Waals surface area contributed by atoms with Crippen LogP contribution in [0.1, 0.15) is 37.3 Å². The minimum absolute atomic E-state index is 0.0643. The zero-order valence-electron chi connectivity index (χ0n) is 16.5. The second kappa shape index (κ2) is 11.9. The van der Waals surface area contributed by atoms with Crippen molar-refractivity contribution in [3.8, 4) is 0 Å². The molecule has 1 heterocycles. The van der Waals surface area contributed by atoms with Crippen molar-refractivity contribution < 1.29 is 17.9 Å². The van der Waals surface area contributed by atoms with Gasteiger partial charge in [-0.15, -0.1) is 0 Å². The van der Waals surface area contributed by atoms with Crippen LogP contribution in [0.2, 0.25) is 0 Å². The number of hydrogen-bond donors (Lipinski definition) is 2. The van der Waals surface area contributed by atoms with Crippen LogP contribution in [-0.2, 0) is 17.9 Å². The van der Waals surface area contributed by atoms with E-state index in [4.69, 9.17) is 4.74 Å². The predicted octanol–water partition coefficient (Wildman–Crippen LogP) is 3.31. The zero-order chi connectivity index (χ0) is 20.2. The fourth-order valence-electron chi connectivity index (χ4n) is 3.13. The Kier molecular flexibility index (Phi) is 9.57. The van der Waals surface area contributed by atoms with Gasteiger partial charge in [-0.3, -0.25) is 0 Å². The summed E-state index contributed by atoms with van der Waals surface area (Å²) < 4.78 is 41.3. The number of halogens is 3. The van der Waals surface area contributed by atoms with Crippen molar-refractivity contribution in [2.45, 2.75) is 45.5 Å². The van der Waals surface area contributed by atoms with Gasteiger partial charge in [-0.2, -0.15) is 13.2 Å². The molecule has 1 saturated heterocycles. The van der Waals surface area contributed by atoms with Gasteiger partial charge in [0.1, 0.15) is 6.61 Å². The summed E-state index contributed by atoms with van der Waals surface area (Å²) in [4.78, 5) is 7.04. The van der Waals surface area contributed by atoms with E-state index in [1.165, 1.54) is 32.4 Å². The van der Waals surface area contributed by atoms with Crippen molar-refractivity contribution in [3.05, 3.63) is 35.4 Å². The summed E-state index contributed by atoms with van der Waals surface area (Å²) in [6.45, 7) is 6.09. The minimum Gasteiger partial charge on any atom is -0.367 e. The molecule has 0 aromatic heterocycles. The number of ether oxygens (including phenoxy) is 1. The second-order valence-corrected chi connectivity index (χ2v) is 6.95. The van der Waals surface area contributed by atoms with Crippen molar-refractivity contribution >= 4 is 5.96 Å². The van der Waals surface area contributed by atoms with Crippen LogP contribution < -0.4 is 10.6 Å². The lowest BCUT2D eigenvalue weighted by Crippen LogP contribution is -2.42. The minimum atomic E-state index is -4.30. The molecule has 158 valence electrons. The van der Waals surface area contributed by atoms with Crippen LogP contribution >= 0.6 is 0 Å². The Balaban J connectivity index is 1.81. The molecule has 0 aliphatic carbocycles. The smallest absolute Gasteiger partial charge is 0.367 e. The zero-order valence-corrected chi connectivity index (χ0v) is 16.5. The third kappa shape index (κ3) is 9.41. The van der Waals surface area contributed by atoms with E-state index in [0.29, 0.717) is 12.1 Å². The molecule has 1 aliphatic rings. The Morgan fingerprint density at radius 3 is 2.61 bits per heavy atom. The van der Waals surface area contributed by atoms with Crippen LogP contribution in [0.15, 0.2) is 29.3 Å². The maximum Gasteiger partial charge on any atom is 0.411 e. The van der Waals surface area contributed by atoms with Gasteiger partial charge in [-0.1, -0.05) is 30.7 Å². The highest BCUT2D eigenvalue weighted by molar-refractivity contribution is 5.79. The molecular formula is C20H31F3N4O. The summed E-state index contributed by atoms with van der Waals surface area (Å²) in [6.07, 6.45) is -0.425. The van der Waals surface area contributed by atoms with Crippen molar-refractivity contribution in [1.29, 1.82) is 0 Å². The van der Waals surface area contributed by atoms with E-state index in [1.807, 2.05) is 25.1 Å². The van der Waals surface area contributed by atoms with E-state index in [-0.39, 0.29) is 6.61 Å². The summed E-state index contributed by atoms with van der Waals surface area (Å²) in [7, 11) is 0. The van der Waals surface area contributed by atoms with E-state index >= 15 is 0 Å². The Hall–Kier alpha value is -1.80. The number of nitrogens with one attached hydrogen (secondary N) is 2. The van der Waals surface area contributed by atoms with Gasteiger partial charge in [-0.25, -0.2) is 4.99 Å². The standard InChI is InChI=1S/C20H31F3N4O/c1-2-24-19(25-9-12-27-10-4-3-5-11-27)26-14-17-7-6-8-18(13-17)15-28-16-20(21,22)23/h6-8,13H,2-5,9-12,14-16H2,1H3,(H2,24,25,26). The number of aliphatic imine (C=N–C) groups is 1. The fourth-order valence-corrected chi connectivity index (χ4v) is 3.13. The predicted molar refractivity (Wildman–Crippen MR) is 105 cm³/mol. The van der Waals surface area contributed by atoms with E-state index in [0.717, 1.165) is 31.2 Å². The van der Waals surface area contributed by atoms with E-state index < -0.39 is 12.8 Å². The first-order valence-corrected chi connectivity index (χ1v) is 9.93. The Labute approximate surface area is 165 Å². The van der Waals surface area contributed by atoms with Crippen LogP contribution in [-0.4, -0.2) is 56.4 Å². The van der Waals surface area contributed by atoms with Crippen molar-refractivity contribution in [2.75, 3.05) is 39.3 Å². The van der Waals surface area contributed by atoms with E-state index in [2.05, 4.69) is 20.5 Å². The van der Waals surface area contributed by atoms with Gasteiger partial charge in [0, 0.05) is 19.6 Å². The highest BCUT2D eigenvalue weighted by Gasteiger charge is 2.27. The molecule has 2 N–H and O–H groups in total. The summed E-state index contributed by atoms with van der Waals surface area (Å²) in [5.41, 5.74) is 1.64. The summed E-state index contributed by atoms with van der Waals surface area (Å²) in [5, 5.41) is 6.58. The average Bonchev–Trinajstić information content (AvgIpc) is 2.66. The second-order valence-electron chi connectivity index (χ2n) is 6.95.